The van der Waals surface area contributed by atoms with Gasteiger partial charge in [0.2, 0.25) is 0 Å². The predicted molar refractivity (Wildman–Crippen MR) is 129 cm³/mol. The van der Waals surface area contributed by atoms with Crippen LogP contribution >= 0.6 is 0 Å². The van der Waals surface area contributed by atoms with E-state index in [-0.39, 0.29) is 16.4 Å². The van der Waals surface area contributed by atoms with Crippen molar-refractivity contribution in [2.75, 3.05) is 0 Å². The van der Waals surface area contributed by atoms with Crippen molar-refractivity contribution in [1.29, 1.82) is 0 Å². The van der Waals surface area contributed by atoms with E-state index in [4.69, 9.17) is 4.74 Å². The number of ether oxygens (including phenoxy) is 1. The zero-order valence-corrected chi connectivity index (χ0v) is 19.6. The molecule has 5 rings (SSSR count). The second kappa shape index (κ2) is 6.78. The van der Waals surface area contributed by atoms with Gasteiger partial charge in [-0.1, -0.05) is 64.1 Å². The Balaban J connectivity index is 1.63. The summed E-state index contributed by atoms with van der Waals surface area (Å²) in [6, 6.07) is 18.0. The fourth-order valence-electron chi connectivity index (χ4n) is 6.24. The number of aryl methyl sites for hydroxylation is 1. The van der Waals surface area contributed by atoms with E-state index in [1.54, 1.807) is 0 Å². The van der Waals surface area contributed by atoms with E-state index < -0.39 is 0 Å². The van der Waals surface area contributed by atoms with Crippen molar-refractivity contribution in [1.82, 2.24) is 0 Å². The lowest BCUT2D eigenvalue weighted by atomic mass is 9.60. The summed E-state index contributed by atoms with van der Waals surface area (Å²) in [5.74, 6) is 1.53. The van der Waals surface area contributed by atoms with Gasteiger partial charge in [0.1, 0.15) is 22.8 Å². The molecule has 1 aliphatic heterocycles. The summed E-state index contributed by atoms with van der Waals surface area (Å²) in [6.07, 6.45) is 2.57. The smallest absolute Gasteiger partial charge is 0.124 e. The molecule has 0 fully saturated rings. The number of hydrogen-bond donors (Lipinski definition) is 2. The van der Waals surface area contributed by atoms with E-state index in [1.807, 2.05) is 55.5 Å². The molecular weight excluding hydrogens is 396 g/mol. The van der Waals surface area contributed by atoms with E-state index in [1.165, 1.54) is 11.1 Å². The highest BCUT2D eigenvalue weighted by molar-refractivity contribution is 5.73. The Hall–Kier alpha value is -2.94. The molecule has 0 radical (unpaired) electrons. The van der Waals surface area contributed by atoms with Crippen LogP contribution in [0.5, 0.6) is 17.2 Å². The Labute approximate surface area is 190 Å². The molecule has 1 spiro atoms. The third-order valence-corrected chi connectivity index (χ3v) is 7.43. The number of benzene rings is 3. The van der Waals surface area contributed by atoms with Crippen molar-refractivity contribution < 1.29 is 14.9 Å². The molecule has 3 heteroatoms. The first-order chi connectivity index (χ1) is 15.0. The first-order valence-electron chi connectivity index (χ1n) is 11.4. The maximum Gasteiger partial charge on any atom is 0.124 e. The minimum Gasteiger partial charge on any atom is -0.508 e. The lowest BCUT2D eigenvalue weighted by molar-refractivity contribution is -0.0120. The van der Waals surface area contributed by atoms with Gasteiger partial charge in [0.05, 0.1) is 0 Å². The fourth-order valence-corrected chi connectivity index (χ4v) is 6.24. The molecule has 1 aliphatic carbocycles. The minimum atomic E-state index is -0.332. The molecule has 1 heterocycles. The Morgan fingerprint density at radius 1 is 0.781 bits per heavy atom. The van der Waals surface area contributed by atoms with E-state index in [9.17, 15) is 10.2 Å². The molecule has 166 valence electrons. The number of aromatic hydroxyl groups is 2. The summed E-state index contributed by atoms with van der Waals surface area (Å²) in [5.41, 5.74) is 5.64. The first-order valence-corrected chi connectivity index (χ1v) is 11.4. The van der Waals surface area contributed by atoms with Crippen molar-refractivity contribution in [3.05, 3.63) is 76.9 Å². The van der Waals surface area contributed by atoms with E-state index >= 15 is 0 Å². The molecule has 2 aliphatic rings. The second-order valence-electron chi connectivity index (χ2n) is 11.1. The second-order valence-corrected chi connectivity index (χ2v) is 11.1. The topological polar surface area (TPSA) is 49.7 Å². The molecule has 3 aromatic carbocycles. The van der Waals surface area contributed by atoms with Gasteiger partial charge >= 0.3 is 0 Å². The number of rotatable bonds is 1. The Bertz CT molecular complexity index is 1210. The molecule has 0 saturated carbocycles. The Kier molecular flexibility index (Phi) is 4.43. The normalized spacial score (nSPS) is 22.7. The Morgan fingerprint density at radius 2 is 1.41 bits per heavy atom. The number of phenols is 2. The van der Waals surface area contributed by atoms with Crippen molar-refractivity contribution in [2.45, 2.75) is 70.3 Å². The number of phenolic OH excluding ortho intramolecular Hbond substituents is 2. The van der Waals surface area contributed by atoms with Crippen LogP contribution in [-0.4, -0.2) is 15.8 Å². The standard InChI is InChI=1S/C29H32O3/c1-18-11-20-15-29(16-27(2,3)22(20)13-24(18)30)17-28(4,5)23-14-25(31)21(12-26(23)32-29)19-9-7-6-8-10-19/h6-14,30-31H,15-17H2,1-5H3. The highest BCUT2D eigenvalue weighted by atomic mass is 16.5. The van der Waals surface area contributed by atoms with Crippen molar-refractivity contribution >= 4 is 0 Å². The van der Waals surface area contributed by atoms with E-state index in [0.717, 1.165) is 47.3 Å². The SMILES string of the molecule is Cc1cc2c(cc1O)C(C)(C)CC1(C2)CC(C)(C)c2cc(O)c(-c3ccccc3)cc2O1. The fraction of sp³-hybridized carbons (Fsp3) is 0.379. The molecule has 32 heavy (non-hydrogen) atoms. The zero-order valence-electron chi connectivity index (χ0n) is 19.6. The van der Waals surface area contributed by atoms with Crippen LogP contribution in [0.15, 0.2) is 54.6 Å². The maximum absolute atomic E-state index is 10.8. The first kappa shape index (κ1) is 20.9. The minimum absolute atomic E-state index is 0.120. The van der Waals surface area contributed by atoms with Crippen molar-refractivity contribution in [2.24, 2.45) is 0 Å². The molecule has 1 atom stereocenters. The summed E-state index contributed by atoms with van der Waals surface area (Å²) in [7, 11) is 0. The van der Waals surface area contributed by atoms with Gasteiger partial charge < -0.3 is 14.9 Å². The lowest BCUT2D eigenvalue weighted by Crippen LogP contribution is -2.53. The van der Waals surface area contributed by atoms with E-state index in [0.29, 0.717) is 11.5 Å². The predicted octanol–water partition coefficient (Wildman–Crippen LogP) is 6.80. The third-order valence-electron chi connectivity index (χ3n) is 7.43. The highest BCUT2D eigenvalue weighted by Crippen LogP contribution is 2.55. The van der Waals surface area contributed by atoms with E-state index in [2.05, 4.69) is 33.8 Å². The summed E-state index contributed by atoms with van der Waals surface area (Å²) in [4.78, 5) is 0. The quantitative estimate of drug-likeness (QED) is 0.448. The number of hydrogen-bond acceptors (Lipinski definition) is 3. The van der Waals surface area contributed by atoms with Crippen molar-refractivity contribution in [3.8, 4) is 28.4 Å². The third kappa shape index (κ3) is 3.26. The number of fused-ring (bicyclic) bond motifs is 2. The summed E-state index contributed by atoms with van der Waals surface area (Å²) in [5, 5.41) is 21.2. The van der Waals surface area contributed by atoms with Crippen molar-refractivity contribution in [3.63, 3.8) is 0 Å². The average molecular weight is 429 g/mol. The Morgan fingerprint density at radius 3 is 2.09 bits per heavy atom. The van der Waals surface area contributed by atoms with Gasteiger partial charge in [-0.05, 0) is 71.0 Å². The van der Waals surface area contributed by atoms with Crippen LogP contribution in [-0.2, 0) is 17.3 Å². The van der Waals surface area contributed by atoms with Gasteiger partial charge in [0.25, 0.3) is 0 Å². The average Bonchev–Trinajstić information content (AvgIpc) is 2.70. The monoisotopic (exact) mass is 428 g/mol. The molecule has 2 N–H and O–H groups in total. The summed E-state index contributed by atoms with van der Waals surface area (Å²) >= 11 is 0. The molecule has 0 bridgehead atoms. The van der Waals surface area contributed by atoms with Gasteiger partial charge in [0.15, 0.2) is 0 Å². The van der Waals surface area contributed by atoms with Gasteiger partial charge in [-0.2, -0.15) is 0 Å². The largest absolute Gasteiger partial charge is 0.508 e. The van der Waals surface area contributed by atoms with Crippen LogP contribution in [0.3, 0.4) is 0 Å². The van der Waals surface area contributed by atoms with Crippen LogP contribution in [0.1, 0.15) is 62.8 Å². The molecule has 0 aromatic heterocycles. The lowest BCUT2D eigenvalue weighted by Gasteiger charge is -2.52. The van der Waals surface area contributed by atoms with Gasteiger partial charge in [-0.25, -0.2) is 0 Å². The zero-order chi connectivity index (χ0) is 22.9. The molecular formula is C29H32O3. The van der Waals surface area contributed by atoms with Crippen LogP contribution in [0, 0.1) is 6.92 Å². The van der Waals surface area contributed by atoms with Crippen LogP contribution in [0.4, 0.5) is 0 Å². The molecule has 3 aromatic rings. The van der Waals surface area contributed by atoms with Gasteiger partial charge in [0, 0.05) is 17.5 Å². The molecule has 0 saturated heterocycles. The molecule has 1 unspecified atom stereocenters. The molecule has 0 amide bonds. The van der Waals surface area contributed by atoms with Gasteiger partial charge in [-0.3, -0.25) is 0 Å². The highest BCUT2D eigenvalue weighted by Gasteiger charge is 2.51. The molecule has 3 nitrogen and oxygen atoms in total. The summed E-state index contributed by atoms with van der Waals surface area (Å²) in [6.45, 7) is 11.0. The maximum atomic E-state index is 10.8. The van der Waals surface area contributed by atoms with Crippen LogP contribution in [0.25, 0.3) is 11.1 Å². The van der Waals surface area contributed by atoms with Crippen LogP contribution in [0.2, 0.25) is 0 Å². The summed E-state index contributed by atoms with van der Waals surface area (Å²) < 4.78 is 6.90. The van der Waals surface area contributed by atoms with Crippen LogP contribution < -0.4 is 4.74 Å². The van der Waals surface area contributed by atoms with Gasteiger partial charge in [-0.15, -0.1) is 0 Å².